The van der Waals surface area contributed by atoms with Crippen LogP contribution < -0.4 is 15.6 Å². The molecule has 26 heavy (non-hydrogen) atoms. The number of carbonyl (C=O) groups excluding carboxylic acids is 2. The lowest BCUT2D eigenvalue weighted by atomic mass is 10.0. The molecule has 0 saturated heterocycles. The molecule has 138 valence electrons. The fourth-order valence-electron chi connectivity index (χ4n) is 2.41. The molecule has 0 spiro atoms. The predicted octanol–water partition coefficient (Wildman–Crippen LogP) is 3.24. The third kappa shape index (κ3) is 6.97. The fourth-order valence-corrected chi connectivity index (χ4v) is 2.41. The first-order chi connectivity index (χ1) is 12.5. The highest BCUT2D eigenvalue weighted by Crippen LogP contribution is 2.21. The number of hydrogen-bond acceptors (Lipinski definition) is 3. The maximum absolute atomic E-state index is 11.9. The Morgan fingerprint density at radius 2 is 1.58 bits per heavy atom. The van der Waals surface area contributed by atoms with Crippen molar-refractivity contribution < 1.29 is 14.3 Å². The minimum absolute atomic E-state index is 0.156. The Morgan fingerprint density at radius 3 is 2.31 bits per heavy atom. The van der Waals surface area contributed by atoms with E-state index in [9.17, 15) is 9.59 Å². The minimum Gasteiger partial charge on any atom is -0.483 e. The molecule has 0 aromatic heterocycles. The molecule has 0 aliphatic carbocycles. The van der Waals surface area contributed by atoms with Crippen molar-refractivity contribution in [3.8, 4) is 5.75 Å². The smallest absolute Gasteiger partial charge is 0.276 e. The van der Waals surface area contributed by atoms with Crippen molar-refractivity contribution in [2.24, 2.45) is 5.92 Å². The van der Waals surface area contributed by atoms with Crippen LogP contribution in [-0.4, -0.2) is 18.4 Å². The van der Waals surface area contributed by atoms with Gasteiger partial charge in [-0.25, -0.2) is 0 Å². The topological polar surface area (TPSA) is 67.4 Å². The van der Waals surface area contributed by atoms with E-state index in [1.54, 1.807) is 0 Å². The summed E-state index contributed by atoms with van der Waals surface area (Å²) in [6.45, 7) is 3.94. The van der Waals surface area contributed by atoms with Crippen LogP contribution >= 0.6 is 0 Å². The Morgan fingerprint density at radius 1 is 0.923 bits per heavy atom. The van der Waals surface area contributed by atoms with E-state index < -0.39 is 5.91 Å². The number of hydrogen-bond donors (Lipinski definition) is 2. The van der Waals surface area contributed by atoms with Crippen LogP contribution in [0.5, 0.6) is 5.75 Å². The number of ether oxygens (including phenoxy) is 1. The van der Waals surface area contributed by atoms with E-state index in [-0.39, 0.29) is 12.5 Å². The summed E-state index contributed by atoms with van der Waals surface area (Å²) in [4.78, 5) is 23.5. The zero-order chi connectivity index (χ0) is 18.8. The third-order valence-electron chi connectivity index (χ3n) is 3.86. The van der Waals surface area contributed by atoms with Crippen molar-refractivity contribution in [1.29, 1.82) is 0 Å². The highest BCUT2D eigenvalue weighted by molar-refractivity contribution is 5.82. The molecule has 0 saturated carbocycles. The van der Waals surface area contributed by atoms with Gasteiger partial charge in [0, 0.05) is 12.8 Å². The lowest BCUT2D eigenvalue weighted by Gasteiger charge is -2.12. The van der Waals surface area contributed by atoms with Crippen molar-refractivity contribution in [3.05, 3.63) is 65.7 Å². The first kappa shape index (κ1) is 19.5. The zero-order valence-electron chi connectivity index (χ0n) is 15.3. The van der Waals surface area contributed by atoms with Crippen molar-refractivity contribution in [2.75, 3.05) is 6.61 Å². The van der Waals surface area contributed by atoms with Gasteiger partial charge in [0.15, 0.2) is 6.61 Å². The first-order valence-electron chi connectivity index (χ1n) is 8.87. The average Bonchev–Trinajstić information content (AvgIpc) is 2.64. The average molecular weight is 354 g/mol. The monoisotopic (exact) mass is 354 g/mol. The van der Waals surface area contributed by atoms with Crippen LogP contribution in [0.4, 0.5) is 0 Å². The Hall–Kier alpha value is -2.82. The molecule has 0 aliphatic heterocycles. The van der Waals surface area contributed by atoms with Crippen LogP contribution in [0.3, 0.4) is 0 Å². The molecule has 0 heterocycles. The summed E-state index contributed by atoms with van der Waals surface area (Å²) in [5, 5.41) is 0. The minimum atomic E-state index is -0.391. The van der Waals surface area contributed by atoms with Crippen LogP contribution in [0.1, 0.15) is 37.8 Å². The number of carbonyl (C=O) groups is 2. The van der Waals surface area contributed by atoms with Gasteiger partial charge >= 0.3 is 0 Å². The summed E-state index contributed by atoms with van der Waals surface area (Å²) in [6.07, 6.45) is 1.90. The van der Waals surface area contributed by atoms with E-state index in [1.807, 2.05) is 56.3 Å². The van der Waals surface area contributed by atoms with Crippen LogP contribution in [0.15, 0.2) is 54.6 Å². The van der Waals surface area contributed by atoms with Gasteiger partial charge in [0.05, 0.1) is 0 Å². The number of hydrazine groups is 1. The fraction of sp³-hybridized carbons (Fsp3) is 0.333. The highest BCUT2D eigenvalue weighted by atomic mass is 16.5. The molecule has 2 amide bonds. The second kappa shape index (κ2) is 10.2. The van der Waals surface area contributed by atoms with Gasteiger partial charge in [0.1, 0.15) is 5.75 Å². The van der Waals surface area contributed by atoms with Crippen LogP contribution in [-0.2, 0) is 16.0 Å². The van der Waals surface area contributed by atoms with E-state index in [2.05, 4.69) is 23.0 Å². The van der Waals surface area contributed by atoms with E-state index >= 15 is 0 Å². The van der Waals surface area contributed by atoms with E-state index in [1.165, 1.54) is 5.56 Å². The maximum Gasteiger partial charge on any atom is 0.276 e. The molecule has 2 aromatic rings. The van der Waals surface area contributed by atoms with E-state index in [4.69, 9.17) is 4.74 Å². The lowest BCUT2D eigenvalue weighted by molar-refractivity contribution is -0.130. The molecule has 0 fully saturated rings. The first-order valence-corrected chi connectivity index (χ1v) is 8.87. The molecule has 0 atom stereocenters. The standard InChI is InChI=1S/C21H26N2O3/c1-16(2)12-13-20(24)22-23-21(25)15-26-19-11-7-6-10-18(19)14-17-8-4-3-5-9-17/h3-11,16H,12-15H2,1-2H3,(H,22,24)(H,23,25). The van der Waals surface area contributed by atoms with Gasteiger partial charge < -0.3 is 4.74 Å². The van der Waals surface area contributed by atoms with Gasteiger partial charge in [-0.2, -0.15) is 0 Å². The summed E-state index contributed by atoms with van der Waals surface area (Å²) in [7, 11) is 0. The van der Waals surface area contributed by atoms with Gasteiger partial charge in [-0.05, 0) is 29.5 Å². The molecular weight excluding hydrogens is 328 g/mol. The Kier molecular flexibility index (Phi) is 7.68. The molecule has 5 heteroatoms. The zero-order valence-corrected chi connectivity index (χ0v) is 15.3. The Labute approximate surface area is 154 Å². The largest absolute Gasteiger partial charge is 0.483 e. The van der Waals surface area contributed by atoms with E-state index in [0.29, 0.717) is 18.1 Å². The van der Waals surface area contributed by atoms with E-state index in [0.717, 1.165) is 18.4 Å². The molecular formula is C21H26N2O3. The molecule has 2 N–H and O–H groups in total. The Bertz CT molecular complexity index is 714. The van der Waals surface area contributed by atoms with Gasteiger partial charge in [-0.1, -0.05) is 62.4 Å². The molecule has 0 radical (unpaired) electrons. The van der Waals surface area contributed by atoms with Crippen LogP contribution in [0.25, 0.3) is 0 Å². The van der Waals surface area contributed by atoms with Crippen molar-refractivity contribution >= 4 is 11.8 Å². The highest BCUT2D eigenvalue weighted by Gasteiger charge is 2.09. The van der Waals surface area contributed by atoms with Crippen LogP contribution in [0.2, 0.25) is 0 Å². The van der Waals surface area contributed by atoms with Gasteiger partial charge in [0.25, 0.3) is 5.91 Å². The van der Waals surface area contributed by atoms with Crippen LogP contribution in [0, 0.1) is 5.92 Å². The molecule has 0 bridgehead atoms. The number of nitrogens with one attached hydrogen (secondary N) is 2. The van der Waals surface area contributed by atoms with Gasteiger partial charge in [0.2, 0.25) is 5.91 Å². The normalized spacial score (nSPS) is 10.4. The molecule has 2 aromatic carbocycles. The van der Waals surface area contributed by atoms with Gasteiger partial charge in [-0.15, -0.1) is 0 Å². The second-order valence-electron chi connectivity index (χ2n) is 6.59. The summed E-state index contributed by atoms with van der Waals surface area (Å²) >= 11 is 0. The summed E-state index contributed by atoms with van der Waals surface area (Å²) in [5.41, 5.74) is 6.97. The summed E-state index contributed by atoms with van der Waals surface area (Å²) in [6, 6.07) is 17.7. The number of benzene rings is 2. The molecule has 5 nitrogen and oxygen atoms in total. The predicted molar refractivity (Wildman–Crippen MR) is 102 cm³/mol. The third-order valence-corrected chi connectivity index (χ3v) is 3.86. The summed E-state index contributed by atoms with van der Waals surface area (Å²) < 4.78 is 5.64. The SMILES string of the molecule is CC(C)CCC(=O)NNC(=O)COc1ccccc1Cc1ccccc1. The van der Waals surface area contributed by atoms with Crippen molar-refractivity contribution in [1.82, 2.24) is 10.9 Å². The van der Waals surface area contributed by atoms with Crippen molar-refractivity contribution in [3.63, 3.8) is 0 Å². The number of amides is 2. The molecule has 2 rings (SSSR count). The second-order valence-corrected chi connectivity index (χ2v) is 6.59. The quantitative estimate of drug-likeness (QED) is 0.715. The van der Waals surface area contributed by atoms with Gasteiger partial charge in [-0.3, -0.25) is 20.4 Å². The van der Waals surface area contributed by atoms with Crippen molar-refractivity contribution in [2.45, 2.75) is 33.1 Å². The number of para-hydroxylation sites is 1. The Balaban J connectivity index is 1.82. The molecule has 0 unspecified atom stereocenters. The number of rotatable bonds is 8. The molecule has 0 aliphatic rings. The maximum atomic E-state index is 11.9. The lowest BCUT2D eigenvalue weighted by Crippen LogP contribution is -2.43. The summed E-state index contributed by atoms with van der Waals surface area (Å²) in [5.74, 6) is 0.521.